The van der Waals surface area contributed by atoms with Gasteiger partial charge >= 0.3 is 5.97 Å². The highest BCUT2D eigenvalue weighted by Crippen LogP contribution is 2.25. The lowest BCUT2D eigenvalue weighted by atomic mass is 10.1. The van der Waals surface area contributed by atoms with E-state index in [4.69, 9.17) is 4.74 Å². The maximum atomic E-state index is 12.3. The van der Waals surface area contributed by atoms with Gasteiger partial charge < -0.3 is 4.74 Å². The summed E-state index contributed by atoms with van der Waals surface area (Å²) in [5.74, 6) is -0.473. The van der Waals surface area contributed by atoms with E-state index in [0.717, 1.165) is 16.8 Å². The van der Waals surface area contributed by atoms with Gasteiger partial charge in [-0.2, -0.15) is 0 Å². The first kappa shape index (κ1) is 15.9. The van der Waals surface area contributed by atoms with E-state index in [1.54, 1.807) is 11.6 Å². The molecule has 0 spiro atoms. The van der Waals surface area contributed by atoms with E-state index in [9.17, 15) is 4.79 Å². The molecule has 0 bridgehead atoms. The second-order valence-corrected chi connectivity index (χ2v) is 5.51. The minimum Gasteiger partial charge on any atom is -0.461 e. The second-order valence-electron chi connectivity index (χ2n) is 5.51. The summed E-state index contributed by atoms with van der Waals surface area (Å²) in [6.45, 7) is 4.08. The Morgan fingerprint density at radius 1 is 1.17 bits per heavy atom. The quantitative estimate of drug-likeness (QED) is 0.546. The zero-order chi connectivity index (χ0) is 17.1. The molecule has 0 fully saturated rings. The van der Waals surface area contributed by atoms with Crippen LogP contribution in [0.5, 0.6) is 0 Å². The first-order valence-electron chi connectivity index (χ1n) is 7.75. The van der Waals surface area contributed by atoms with Crippen molar-refractivity contribution in [1.82, 2.24) is 15.0 Å². The van der Waals surface area contributed by atoms with Crippen molar-refractivity contribution < 1.29 is 14.1 Å². The number of pyridine rings is 1. The van der Waals surface area contributed by atoms with Gasteiger partial charge in [0.1, 0.15) is 12.7 Å². The smallest absolute Gasteiger partial charge is 0.361 e. The van der Waals surface area contributed by atoms with Gasteiger partial charge in [-0.1, -0.05) is 22.9 Å². The molecule has 0 aliphatic carbocycles. The monoisotopic (exact) mass is 323 g/mol. The minimum atomic E-state index is -0.473. The van der Waals surface area contributed by atoms with Crippen molar-refractivity contribution in [2.45, 2.75) is 13.8 Å². The number of carbonyl (C=O) groups excluding carboxylic acids is 1. The molecule has 1 aromatic carbocycles. The number of aryl methyl sites for hydroxylation is 2. The largest absolute Gasteiger partial charge is 0.461 e. The average Bonchev–Trinajstić information content (AvgIpc) is 3.01. The molecular weight excluding hydrogens is 304 g/mol. The van der Waals surface area contributed by atoms with Crippen LogP contribution in [0.1, 0.15) is 23.0 Å². The Kier molecular flexibility index (Phi) is 4.37. The van der Waals surface area contributed by atoms with Gasteiger partial charge in [0, 0.05) is 17.7 Å². The lowest BCUT2D eigenvalue weighted by Crippen LogP contribution is -2.25. The highest BCUT2D eigenvalue weighted by atomic mass is 16.5. The third-order valence-corrected chi connectivity index (χ3v) is 3.67. The van der Waals surface area contributed by atoms with Crippen molar-refractivity contribution in [2.75, 3.05) is 6.61 Å². The highest BCUT2D eigenvalue weighted by molar-refractivity contribution is 5.94. The molecule has 6 heteroatoms. The molecule has 0 saturated heterocycles. The molecule has 24 heavy (non-hydrogen) atoms. The predicted molar refractivity (Wildman–Crippen MR) is 88.7 cm³/mol. The maximum absolute atomic E-state index is 12.3. The SMILES string of the molecule is CCOC(=O)c1nnn(-c2ccc(C)cc2)c1-c1cc[n+](C)cc1. The molecule has 2 heterocycles. The van der Waals surface area contributed by atoms with Crippen LogP contribution in [-0.4, -0.2) is 27.6 Å². The van der Waals surface area contributed by atoms with Crippen LogP contribution in [0.2, 0.25) is 0 Å². The molecule has 0 aliphatic heterocycles. The lowest BCUT2D eigenvalue weighted by molar-refractivity contribution is -0.671. The number of ether oxygens (including phenoxy) is 1. The fourth-order valence-electron chi connectivity index (χ4n) is 2.40. The van der Waals surface area contributed by atoms with E-state index < -0.39 is 5.97 Å². The molecule has 0 aliphatic rings. The van der Waals surface area contributed by atoms with Gasteiger partial charge in [0.25, 0.3) is 0 Å². The van der Waals surface area contributed by atoms with Crippen molar-refractivity contribution in [1.29, 1.82) is 0 Å². The average molecular weight is 323 g/mol. The first-order valence-corrected chi connectivity index (χ1v) is 7.75. The number of aromatic nitrogens is 4. The predicted octanol–water partition coefficient (Wildman–Crippen LogP) is 2.24. The lowest BCUT2D eigenvalue weighted by Gasteiger charge is -2.08. The Labute approximate surface area is 140 Å². The zero-order valence-corrected chi connectivity index (χ0v) is 13.9. The van der Waals surface area contributed by atoms with Gasteiger partial charge in [-0.15, -0.1) is 5.10 Å². The summed E-state index contributed by atoms with van der Waals surface area (Å²) in [5, 5.41) is 8.24. The number of carbonyl (C=O) groups is 1. The molecule has 3 rings (SSSR count). The molecule has 3 aromatic rings. The fourth-order valence-corrected chi connectivity index (χ4v) is 2.40. The van der Waals surface area contributed by atoms with E-state index in [2.05, 4.69) is 10.3 Å². The summed E-state index contributed by atoms with van der Waals surface area (Å²) < 4.78 is 8.71. The fraction of sp³-hybridized carbons (Fsp3) is 0.222. The van der Waals surface area contributed by atoms with Crippen LogP contribution in [0, 0.1) is 6.92 Å². The Hall–Kier alpha value is -3.02. The summed E-state index contributed by atoms with van der Waals surface area (Å²) in [5.41, 5.74) is 3.68. The molecule has 122 valence electrons. The van der Waals surface area contributed by atoms with E-state index in [0.29, 0.717) is 12.3 Å². The number of rotatable bonds is 4. The molecule has 2 aromatic heterocycles. The van der Waals surface area contributed by atoms with Crippen LogP contribution in [-0.2, 0) is 11.8 Å². The van der Waals surface area contributed by atoms with Crippen LogP contribution in [0.25, 0.3) is 16.9 Å². The number of esters is 1. The normalized spacial score (nSPS) is 10.6. The first-order chi connectivity index (χ1) is 11.6. The van der Waals surface area contributed by atoms with E-state index in [1.807, 2.05) is 67.3 Å². The van der Waals surface area contributed by atoms with E-state index >= 15 is 0 Å². The molecule has 0 saturated carbocycles. The van der Waals surface area contributed by atoms with Crippen molar-refractivity contribution in [2.24, 2.45) is 7.05 Å². The van der Waals surface area contributed by atoms with Gasteiger partial charge in [0.15, 0.2) is 18.1 Å². The van der Waals surface area contributed by atoms with Gasteiger partial charge in [-0.05, 0) is 26.0 Å². The van der Waals surface area contributed by atoms with Crippen molar-refractivity contribution in [3.63, 3.8) is 0 Å². The molecule has 6 nitrogen and oxygen atoms in total. The van der Waals surface area contributed by atoms with Crippen LogP contribution in [0.4, 0.5) is 0 Å². The number of hydrogen-bond acceptors (Lipinski definition) is 4. The summed E-state index contributed by atoms with van der Waals surface area (Å²) in [6.07, 6.45) is 3.83. The summed E-state index contributed by atoms with van der Waals surface area (Å²) in [6, 6.07) is 11.7. The highest BCUT2D eigenvalue weighted by Gasteiger charge is 2.23. The van der Waals surface area contributed by atoms with Gasteiger partial charge in [0.2, 0.25) is 0 Å². The van der Waals surface area contributed by atoms with Crippen molar-refractivity contribution in [3.05, 3.63) is 60.0 Å². The van der Waals surface area contributed by atoms with Gasteiger partial charge in [0.05, 0.1) is 12.3 Å². The number of hydrogen-bond donors (Lipinski definition) is 0. The number of nitrogens with zero attached hydrogens (tertiary/aromatic N) is 4. The molecule has 0 radical (unpaired) electrons. The minimum absolute atomic E-state index is 0.214. The standard InChI is InChI=1S/C18H19N4O2/c1-4-24-18(23)16-17(14-9-11-21(3)12-10-14)22(20-19-16)15-7-5-13(2)6-8-15/h5-12H,4H2,1-3H3/q+1. The van der Waals surface area contributed by atoms with Crippen LogP contribution in [0.3, 0.4) is 0 Å². The summed E-state index contributed by atoms with van der Waals surface area (Å²) in [7, 11) is 1.94. The maximum Gasteiger partial charge on any atom is 0.361 e. The van der Waals surface area contributed by atoms with Gasteiger partial charge in [-0.25, -0.2) is 14.0 Å². The molecular formula is C18H19N4O2+. The van der Waals surface area contributed by atoms with Gasteiger partial charge in [-0.3, -0.25) is 0 Å². The van der Waals surface area contributed by atoms with Crippen molar-refractivity contribution >= 4 is 5.97 Å². The van der Waals surface area contributed by atoms with Crippen LogP contribution < -0.4 is 4.57 Å². The molecule has 0 amide bonds. The molecule has 0 unspecified atom stereocenters. The van der Waals surface area contributed by atoms with E-state index in [1.165, 1.54) is 0 Å². The third kappa shape index (κ3) is 3.03. The summed E-state index contributed by atoms with van der Waals surface area (Å²) >= 11 is 0. The Morgan fingerprint density at radius 2 is 1.83 bits per heavy atom. The van der Waals surface area contributed by atoms with Crippen molar-refractivity contribution in [3.8, 4) is 16.9 Å². The van der Waals surface area contributed by atoms with Crippen LogP contribution >= 0.6 is 0 Å². The Bertz CT molecular complexity index is 852. The Balaban J connectivity index is 2.17. The number of benzene rings is 1. The second kappa shape index (κ2) is 6.62. The topological polar surface area (TPSA) is 60.9 Å². The zero-order valence-electron chi connectivity index (χ0n) is 13.9. The van der Waals surface area contributed by atoms with E-state index in [-0.39, 0.29) is 5.69 Å². The molecule has 0 N–H and O–H groups in total. The Morgan fingerprint density at radius 3 is 2.46 bits per heavy atom. The summed E-state index contributed by atoms with van der Waals surface area (Å²) in [4.78, 5) is 12.3. The third-order valence-electron chi connectivity index (χ3n) is 3.67. The van der Waals surface area contributed by atoms with Crippen LogP contribution in [0.15, 0.2) is 48.8 Å². The molecule has 0 atom stereocenters.